The van der Waals surface area contributed by atoms with Crippen molar-refractivity contribution in [2.45, 2.75) is 25.4 Å². The zero-order valence-corrected chi connectivity index (χ0v) is 14.3. The molecule has 2 atom stereocenters. The number of nitrogens with one attached hydrogen (secondary N) is 1. The van der Waals surface area contributed by atoms with Crippen LogP contribution in [0.15, 0.2) is 18.2 Å². The molecule has 7 heteroatoms. The minimum Gasteiger partial charge on any atom is -0.497 e. The second-order valence-electron chi connectivity index (χ2n) is 6.43. The lowest BCUT2D eigenvalue weighted by molar-refractivity contribution is -0.147. The Morgan fingerprint density at radius 3 is 2.96 bits per heavy atom. The van der Waals surface area contributed by atoms with Crippen molar-refractivity contribution in [1.29, 1.82) is 0 Å². The van der Waals surface area contributed by atoms with Crippen molar-refractivity contribution >= 4 is 23.4 Å². The largest absolute Gasteiger partial charge is 0.497 e. The number of halogens is 1. The molecule has 0 radical (unpaired) electrons. The van der Waals surface area contributed by atoms with Crippen LogP contribution in [-0.2, 0) is 4.79 Å². The van der Waals surface area contributed by atoms with Crippen LogP contribution in [0.1, 0.15) is 29.6 Å². The van der Waals surface area contributed by atoms with Gasteiger partial charge in [0.25, 0.3) is 5.91 Å². The molecule has 0 aliphatic carbocycles. The molecule has 3 rings (SSSR count). The summed E-state index contributed by atoms with van der Waals surface area (Å²) in [5.74, 6) is 0.135. The molecule has 24 heavy (non-hydrogen) atoms. The van der Waals surface area contributed by atoms with Gasteiger partial charge in [-0.05, 0) is 37.5 Å². The topological polar surface area (TPSA) is 78.9 Å². The molecule has 0 bridgehead atoms. The van der Waals surface area contributed by atoms with Crippen LogP contribution < -0.4 is 10.1 Å². The van der Waals surface area contributed by atoms with E-state index in [0.717, 1.165) is 6.42 Å². The summed E-state index contributed by atoms with van der Waals surface area (Å²) >= 11 is 6.05. The maximum atomic E-state index is 12.9. The second kappa shape index (κ2) is 6.61. The third-order valence-electron chi connectivity index (χ3n) is 4.96. The van der Waals surface area contributed by atoms with Gasteiger partial charge in [0, 0.05) is 30.2 Å². The smallest absolute Gasteiger partial charge is 0.254 e. The van der Waals surface area contributed by atoms with E-state index in [1.165, 1.54) is 7.11 Å². The summed E-state index contributed by atoms with van der Waals surface area (Å²) in [5.41, 5.74) is -0.489. The number of carbonyl (C=O) groups is 2. The summed E-state index contributed by atoms with van der Waals surface area (Å²) in [5, 5.41) is 13.6. The Bertz CT molecular complexity index is 666. The van der Waals surface area contributed by atoms with Crippen LogP contribution >= 0.6 is 11.6 Å². The predicted molar refractivity (Wildman–Crippen MR) is 89.2 cm³/mol. The molecule has 0 aromatic heterocycles. The Morgan fingerprint density at radius 2 is 2.25 bits per heavy atom. The van der Waals surface area contributed by atoms with Crippen molar-refractivity contribution in [2.24, 2.45) is 5.41 Å². The Morgan fingerprint density at radius 1 is 1.46 bits per heavy atom. The number of rotatable bonds is 2. The van der Waals surface area contributed by atoms with Crippen LogP contribution in [0.25, 0.3) is 0 Å². The van der Waals surface area contributed by atoms with Crippen LogP contribution in [0, 0.1) is 5.41 Å². The van der Waals surface area contributed by atoms with E-state index in [1.807, 2.05) is 0 Å². The van der Waals surface area contributed by atoms with Gasteiger partial charge >= 0.3 is 0 Å². The molecule has 0 saturated carbocycles. The number of aliphatic hydroxyl groups is 1. The highest BCUT2D eigenvalue weighted by Gasteiger charge is 2.50. The molecule has 6 nitrogen and oxygen atoms in total. The first kappa shape index (κ1) is 17.0. The molecular weight excluding hydrogens is 332 g/mol. The highest BCUT2D eigenvalue weighted by Crippen LogP contribution is 2.38. The van der Waals surface area contributed by atoms with Gasteiger partial charge in [0.1, 0.15) is 5.75 Å². The zero-order valence-electron chi connectivity index (χ0n) is 13.5. The molecule has 2 saturated heterocycles. The van der Waals surface area contributed by atoms with E-state index in [-0.39, 0.29) is 18.4 Å². The maximum Gasteiger partial charge on any atom is 0.254 e. The summed E-state index contributed by atoms with van der Waals surface area (Å²) in [6, 6.07) is 4.85. The molecule has 2 aliphatic heterocycles. The molecule has 130 valence electrons. The summed E-state index contributed by atoms with van der Waals surface area (Å²) in [7, 11) is 1.51. The highest BCUT2D eigenvalue weighted by molar-refractivity contribution is 6.31. The molecule has 2 heterocycles. The van der Waals surface area contributed by atoms with E-state index >= 15 is 0 Å². The minimum atomic E-state index is -0.908. The van der Waals surface area contributed by atoms with E-state index < -0.39 is 11.5 Å². The third kappa shape index (κ3) is 2.96. The lowest BCUT2D eigenvalue weighted by Crippen LogP contribution is -2.62. The van der Waals surface area contributed by atoms with Gasteiger partial charge < -0.3 is 20.1 Å². The van der Waals surface area contributed by atoms with Gasteiger partial charge in [0.15, 0.2) is 0 Å². The number of benzene rings is 1. The van der Waals surface area contributed by atoms with E-state index in [2.05, 4.69) is 5.32 Å². The Labute approximate surface area is 145 Å². The average Bonchev–Trinajstić information content (AvgIpc) is 2.58. The zero-order chi connectivity index (χ0) is 17.3. The normalized spacial score (nSPS) is 27.0. The van der Waals surface area contributed by atoms with Crippen molar-refractivity contribution in [3.8, 4) is 5.75 Å². The van der Waals surface area contributed by atoms with Crippen LogP contribution in [-0.4, -0.2) is 54.7 Å². The fraction of sp³-hybridized carbons (Fsp3) is 0.529. The average molecular weight is 353 g/mol. The summed E-state index contributed by atoms with van der Waals surface area (Å²) in [6.45, 7) is 1.24. The number of ether oxygens (including phenoxy) is 1. The number of methoxy groups -OCH3 is 1. The fourth-order valence-electron chi connectivity index (χ4n) is 3.60. The fourth-order valence-corrected chi connectivity index (χ4v) is 3.83. The lowest BCUT2D eigenvalue weighted by Gasteiger charge is -2.46. The monoisotopic (exact) mass is 352 g/mol. The van der Waals surface area contributed by atoms with E-state index in [9.17, 15) is 14.7 Å². The minimum absolute atomic E-state index is 0.164. The number of carbonyl (C=O) groups excluding carboxylic acids is 2. The van der Waals surface area contributed by atoms with Gasteiger partial charge in [-0.2, -0.15) is 0 Å². The number of nitrogens with zero attached hydrogens (tertiary/aromatic N) is 1. The summed E-state index contributed by atoms with van der Waals surface area (Å²) < 4.78 is 5.16. The highest BCUT2D eigenvalue weighted by atomic mass is 35.5. The van der Waals surface area contributed by atoms with Crippen LogP contribution in [0.3, 0.4) is 0 Å². The van der Waals surface area contributed by atoms with Crippen molar-refractivity contribution < 1.29 is 19.4 Å². The van der Waals surface area contributed by atoms with Crippen LogP contribution in [0.2, 0.25) is 5.02 Å². The van der Waals surface area contributed by atoms with Crippen LogP contribution in [0.4, 0.5) is 0 Å². The standard InChI is InChI=1S/C17H21ClN2O4/c1-24-13-8-11(7-12(18)9-13)15(22)20-6-3-14(21)17(10-20)4-2-5-19-16(17)23/h7-9,14,21H,2-6,10H2,1H3,(H,19,23)/t14-,17+/m0/s1. The number of hydrogen-bond donors (Lipinski definition) is 2. The van der Waals surface area contributed by atoms with Gasteiger partial charge in [-0.1, -0.05) is 11.6 Å². The number of amides is 2. The number of piperidine rings is 2. The lowest BCUT2D eigenvalue weighted by atomic mass is 9.71. The van der Waals surface area contributed by atoms with Gasteiger partial charge in [-0.25, -0.2) is 0 Å². The molecule has 1 aromatic rings. The maximum absolute atomic E-state index is 12.9. The summed E-state index contributed by atoms with van der Waals surface area (Å²) in [6.07, 6.45) is 1.05. The van der Waals surface area contributed by atoms with Gasteiger partial charge in [0.05, 0.1) is 18.6 Å². The Hall–Kier alpha value is -1.79. The number of hydrogen-bond acceptors (Lipinski definition) is 4. The molecule has 2 fully saturated rings. The molecule has 1 aromatic carbocycles. The van der Waals surface area contributed by atoms with Gasteiger partial charge in [-0.15, -0.1) is 0 Å². The second-order valence-corrected chi connectivity index (χ2v) is 6.86. The van der Waals surface area contributed by atoms with Crippen LogP contribution in [0.5, 0.6) is 5.75 Å². The number of likely N-dealkylation sites (tertiary alicyclic amines) is 1. The quantitative estimate of drug-likeness (QED) is 0.844. The van der Waals surface area contributed by atoms with Crippen molar-refractivity contribution in [2.75, 3.05) is 26.7 Å². The predicted octanol–water partition coefficient (Wildman–Crippen LogP) is 1.45. The third-order valence-corrected chi connectivity index (χ3v) is 5.18. The molecule has 1 spiro atoms. The molecule has 0 unspecified atom stereocenters. The molecular formula is C17H21ClN2O4. The first-order valence-corrected chi connectivity index (χ1v) is 8.44. The van der Waals surface area contributed by atoms with E-state index in [1.54, 1.807) is 23.1 Å². The molecule has 2 aliphatic rings. The first-order chi connectivity index (χ1) is 11.5. The van der Waals surface area contributed by atoms with Gasteiger partial charge in [0.2, 0.25) is 5.91 Å². The van der Waals surface area contributed by atoms with Crippen molar-refractivity contribution in [1.82, 2.24) is 10.2 Å². The van der Waals surface area contributed by atoms with E-state index in [0.29, 0.717) is 42.3 Å². The first-order valence-electron chi connectivity index (χ1n) is 8.06. The number of aliphatic hydroxyl groups excluding tert-OH is 1. The SMILES string of the molecule is COc1cc(Cl)cc(C(=O)N2CC[C@H](O)[C@@]3(CCCNC3=O)C2)c1. The van der Waals surface area contributed by atoms with Gasteiger partial charge in [-0.3, -0.25) is 9.59 Å². The van der Waals surface area contributed by atoms with E-state index in [4.69, 9.17) is 16.3 Å². The van der Waals surface area contributed by atoms with Crippen molar-refractivity contribution in [3.63, 3.8) is 0 Å². The Balaban J connectivity index is 1.86. The molecule has 2 amide bonds. The Kier molecular flexibility index (Phi) is 4.69. The summed E-state index contributed by atoms with van der Waals surface area (Å²) in [4.78, 5) is 26.9. The molecule has 2 N–H and O–H groups in total. The van der Waals surface area contributed by atoms with Crippen molar-refractivity contribution in [3.05, 3.63) is 28.8 Å².